The lowest BCUT2D eigenvalue weighted by Crippen LogP contribution is -2.23. The second kappa shape index (κ2) is 5.28. The van der Waals surface area contributed by atoms with E-state index in [2.05, 4.69) is 0 Å². The van der Waals surface area contributed by atoms with Crippen molar-refractivity contribution in [2.45, 2.75) is 20.0 Å². The summed E-state index contributed by atoms with van der Waals surface area (Å²) in [6, 6.07) is 11.5. The summed E-state index contributed by atoms with van der Waals surface area (Å²) in [6.45, 7) is 3.15. The molecule has 0 bridgehead atoms. The van der Waals surface area contributed by atoms with Gasteiger partial charge in [0.2, 0.25) is 0 Å². The van der Waals surface area contributed by atoms with E-state index in [4.69, 9.17) is 12.6 Å². The number of amides is 1. The van der Waals surface area contributed by atoms with Crippen LogP contribution in [-0.4, -0.2) is 25.8 Å². The minimum Gasteiger partial charge on any atom is -0.497 e. The fourth-order valence-corrected chi connectivity index (χ4v) is 2.84. The van der Waals surface area contributed by atoms with Gasteiger partial charge in [0, 0.05) is 18.7 Å². The Balaban J connectivity index is 1.82. The Morgan fingerprint density at radius 1 is 1.24 bits per heavy atom. The molecule has 1 aliphatic heterocycles. The average Bonchev–Trinajstić information content (AvgIpc) is 2.76. The van der Waals surface area contributed by atoms with Gasteiger partial charge in [0.15, 0.2) is 0 Å². The predicted octanol–water partition coefficient (Wildman–Crippen LogP) is 1.95. The molecule has 2 aromatic rings. The van der Waals surface area contributed by atoms with E-state index in [-0.39, 0.29) is 5.91 Å². The van der Waals surface area contributed by atoms with Crippen LogP contribution in [0.15, 0.2) is 36.4 Å². The van der Waals surface area contributed by atoms with Crippen LogP contribution < -0.4 is 10.2 Å². The van der Waals surface area contributed by atoms with Crippen LogP contribution in [0.3, 0.4) is 0 Å². The van der Waals surface area contributed by atoms with Gasteiger partial charge in [-0.25, -0.2) is 0 Å². The molecule has 21 heavy (non-hydrogen) atoms. The largest absolute Gasteiger partial charge is 0.497 e. The number of ether oxygens (including phenoxy) is 1. The number of nitrogens with zero attached hydrogens (tertiary/aromatic N) is 1. The molecular formula is C17H16BNO2. The summed E-state index contributed by atoms with van der Waals surface area (Å²) < 4.78 is 5.15. The third-order valence-electron chi connectivity index (χ3n) is 3.83. The van der Waals surface area contributed by atoms with Crippen molar-refractivity contribution < 1.29 is 9.53 Å². The van der Waals surface area contributed by atoms with E-state index in [1.165, 1.54) is 0 Å². The Morgan fingerprint density at radius 2 is 1.95 bits per heavy atom. The van der Waals surface area contributed by atoms with Crippen LogP contribution in [0.25, 0.3) is 0 Å². The number of hydrogen-bond donors (Lipinski definition) is 0. The molecule has 1 aliphatic rings. The summed E-state index contributed by atoms with van der Waals surface area (Å²) in [4.78, 5) is 14.4. The van der Waals surface area contributed by atoms with E-state index in [1.807, 2.05) is 48.2 Å². The zero-order valence-electron chi connectivity index (χ0n) is 12.2. The highest BCUT2D eigenvalue weighted by atomic mass is 16.5. The number of methoxy groups -OCH3 is 1. The first-order valence-corrected chi connectivity index (χ1v) is 6.89. The number of benzene rings is 2. The van der Waals surface area contributed by atoms with Crippen LogP contribution in [0.5, 0.6) is 5.75 Å². The van der Waals surface area contributed by atoms with Gasteiger partial charge in [0.25, 0.3) is 5.91 Å². The maximum absolute atomic E-state index is 12.5. The van der Waals surface area contributed by atoms with Crippen molar-refractivity contribution in [1.82, 2.24) is 4.90 Å². The zero-order chi connectivity index (χ0) is 15.0. The van der Waals surface area contributed by atoms with Gasteiger partial charge in [-0.15, -0.1) is 0 Å². The van der Waals surface area contributed by atoms with E-state index >= 15 is 0 Å². The van der Waals surface area contributed by atoms with E-state index in [1.54, 1.807) is 7.11 Å². The first-order valence-electron chi connectivity index (χ1n) is 6.89. The lowest BCUT2D eigenvalue weighted by molar-refractivity contribution is 0.0766. The van der Waals surface area contributed by atoms with Crippen LogP contribution in [0.2, 0.25) is 0 Å². The molecule has 0 N–H and O–H groups in total. The van der Waals surface area contributed by atoms with Gasteiger partial charge in [0.05, 0.1) is 7.11 Å². The SMILES string of the molecule is [B]c1cc(C)c2c(c1)CN(Cc1ccc(OC)cc1)C2=O. The number of carbonyl (C=O) groups excluding carboxylic acids is 1. The Kier molecular flexibility index (Phi) is 3.46. The van der Waals surface area contributed by atoms with Crippen LogP contribution in [-0.2, 0) is 13.1 Å². The van der Waals surface area contributed by atoms with Gasteiger partial charge >= 0.3 is 0 Å². The standard InChI is InChI=1S/C17H16BNO2/c1-11-7-14(18)8-13-10-19(17(20)16(11)13)9-12-3-5-15(21-2)6-4-12/h3-8H,9-10H2,1-2H3. The minimum absolute atomic E-state index is 0.0818. The molecule has 0 fully saturated rings. The number of hydrogen-bond acceptors (Lipinski definition) is 2. The van der Waals surface area contributed by atoms with E-state index in [9.17, 15) is 4.79 Å². The highest BCUT2D eigenvalue weighted by molar-refractivity contribution is 6.32. The molecule has 104 valence electrons. The van der Waals surface area contributed by atoms with Crippen molar-refractivity contribution in [1.29, 1.82) is 0 Å². The predicted molar refractivity (Wildman–Crippen MR) is 83.1 cm³/mol. The van der Waals surface area contributed by atoms with E-state index in [0.29, 0.717) is 18.6 Å². The zero-order valence-corrected chi connectivity index (χ0v) is 12.2. The molecule has 1 amide bonds. The summed E-state index contributed by atoms with van der Waals surface area (Å²) in [5.41, 5.74) is 4.57. The Morgan fingerprint density at radius 3 is 2.62 bits per heavy atom. The lowest BCUT2D eigenvalue weighted by Gasteiger charge is -2.16. The monoisotopic (exact) mass is 277 g/mol. The third kappa shape index (κ3) is 2.53. The number of aryl methyl sites for hydroxylation is 1. The maximum atomic E-state index is 12.5. The fourth-order valence-electron chi connectivity index (χ4n) is 2.84. The van der Waals surface area contributed by atoms with Crippen LogP contribution >= 0.6 is 0 Å². The van der Waals surface area contributed by atoms with Crippen LogP contribution in [0, 0.1) is 6.92 Å². The highest BCUT2D eigenvalue weighted by Crippen LogP contribution is 2.26. The number of fused-ring (bicyclic) bond motifs is 1. The molecule has 4 heteroatoms. The van der Waals surface area contributed by atoms with E-state index in [0.717, 1.165) is 28.0 Å². The molecule has 3 nitrogen and oxygen atoms in total. The van der Waals surface area contributed by atoms with Crippen molar-refractivity contribution in [3.63, 3.8) is 0 Å². The first-order chi connectivity index (χ1) is 10.1. The second-order valence-electron chi connectivity index (χ2n) is 5.38. The highest BCUT2D eigenvalue weighted by Gasteiger charge is 2.28. The van der Waals surface area contributed by atoms with Crippen LogP contribution in [0.1, 0.15) is 27.0 Å². The molecule has 0 spiro atoms. The molecule has 0 aliphatic carbocycles. The minimum atomic E-state index is 0.0818. The molecule has 2 aromatic carbocycles. The average molecular weight is 277 g/mol. The fraction of sp³-hybridized carbons (Fsp3) is 0.235. The van der Waals surface area contributed by atoms with Gasteiger partial charge in [-0.1, -0.05) is 29.7 Å². The molecule has 0 saturated heterocycles. The normalized spacial score (nSPS) is 13.4. The van der Waals surface area contributed by atoms with Crippen molar-refractivity contribution in [3.8, 4) is 5.75 Å². The summed E-state index contributed by atoms with van der Waals surface area (Å²) in [7, 11) is 7.51. The maximum Gasteiger partial charge on any atom is 0.255 e. The quantitative estimate of drug-likeness (QED) is 0.803. The van der Waals surface area contributed by atoms with Gasteiger partial charge in [-0.3, -0.25) is 4.79 Å². The summed E-state index contributed by atoms with van der Waals surface area (Å²) in [5, 5.41) is 0. The first kappa shape index (κ1) is 13.7. The molecule has 1 heterocycles. The Labute approximate surface area is 125 Å². The Hall–Kier alpha value is -2.23. The van der Waals surface area contributed by atoms with Crippen LogP contribution in [0.4, 0.5) is 0 Å². The molecule has 2 radical (unpaired) electrons. The number of carbonyl (C=O) groups is 1. The smallest absolute Gasteiger partial charge is 0.255 e. The summed E-state index contributed by atoms with van der Waals surface area (Å²) in [6.07, 6.45) is 0. The second-order valence-corrected chi connectivity index (χ2v) is 5.38. The van der Waals surface area contributed by atoms with Crippen molar-refractivity contribution in [3.05, 3.63) is 58.7 Å². The van der Waals surface area contributed by atoms with Gasteiger partial charge in [0.1, 0.15) is 13.6 Å². The topological polar surface area (TPSA) is 29.5 Å². The molecular weight excluding hydrogens is 261 g/mol. The summed E-state index contributed by atoms with van der Waals surface area (Å²) >= 11 is 0. The van der Waals surface area contributed by atoms with Crippen molar-refractivity contribution in [2.75, 3.05) is 7.11 Å². The van der Waals surface area contributed by atoms with Gasteiger partial charge in [-0.2, -0.15) is 0 Å². The Bertz CT molecular complexity index is 695. The lowest BCUT2D eigenvalue weighted by atomic mass is 9.90. The number of rotatable bonds is 3. The van der Waals surface area contributed by atoms with Crippen molar-refractivity contribution >= 4 is 19.2 Å². The third-order valence-corrected chi connectivity index (χ3v) is 3.83. The van der Waals surface area contributed by atoms with Gasteiger partial charge in [-0.05, 0) is 35.7 Å². The molecule has 0 saturated carbocycles. The molecule has 0 aromatic heterocycles. The molecule has 0 unspecified atom stereocenters. The van der Waals surface area contributed by atoms with Gasteiger partial charge < -0.3 is 9.64 Å². The molecule has 0 atom stereocenters. The molecule has 3 rings (SSSR count). The van der Waals surface area contributed by atoms with E-state index < -0.39 is 0 Å². The van der Waals surface area contributed by atoms with Crippen molar-refractivity contribution in [2.24, 2.45) is 0 Å². The summed E-state index contributed by atoms with van der Waals surface area (Å²) in [5.74, 6) is 0.900.